The number of pyridine rings is 1. The summed E-state index contributed by atoms with van der Waals surface area (Å²) in [5.41, 5.74) is 1.00. The number of carbonyl (C=O) groups excluding carboxylic acids is 2. The van der Waals surface area contributed by atoms with Crippen molar-refractivity contribution in [3.05, 3.63) is 23.9 Å². The number of aromatic nitrogens is 1. The van der Waals surface area contributed by atoms with E-state index in [1.165, 1.54) is 6.92 Å². The molecule has 1 aromatic rings. The van der Waals surface area contributed by atoms with Gasteiger partial charge in [-0.15, -0.1) is 0 Å². The van der Waals surface area contributed by atoms with Crippen LogP contribution in [0.15, 0.2) is 18.3 Å². The molecule has 1 aromatic heterocycles. The Labute approximate surface area is 130 Å². The molecular weight excluding hydrogens is 282 g/mol. The lowest BCUT2D eigenvalue weighted by molar-refractivity contribution is -0.125. The third kappa shape index (κ3) is 5.00. The molecule has 1 saturated heterocycles. The number of nitrogens with one attached hydrogen (secondary N) is 2. The van der Waals surface area contributed by atoms with E-state index in [0.29, 0.717) is 6.54 Å². The molecule has 0 saturated carbocycles. The second-order valence-electron chi connectivity index (χ2n) is 5.50. The molecule has 2 N–H and O–H groups in total. The maximum atomic E-state index is 11.6. The molecule has 0 aromatic carbocycles. The summed E-state index contributed by atoms with van der Waals surface area (Å²) in [5.74, 6) is 0.534. The zero-order chi connectivity index (χ0) is 15.9. The summed E-state index contributed by atoms with van der Waals surface area (Å²) in [5, 5.41) is 5.26. The summed E-state index contributed by atoms with van der Waals surface area (Å²) in [7, 11) is 2.12. The van der Waals surface area contributed by atoms with E-state index in [-0.39, 0.29) is 18.4 Å². The average Bonchev–Trinajstić information content (AvgIpc) is 2.52. The van der Waals surface area contributed by atoms with Crippen LogP contribution in [-0.4, -0.2) is 61.5 Å². The number of anilines is 1. The van der Waals surface area contributed by atoms with Crippen LogP contribution in [0.3, 0.4) is 0 Å². The first-order chi connectivity index (χ1) is 10.5. The zero-order valence-corrected chi connectivity index (χ0v) is 13.1. The van der Waals surface area contributed by atoms with Crippen molar-refractivity contribution in [3.8, 4) is 0 Å². The van der Waals surface area contributed by atoms with Crippen LogP contribution in [0.1, 0.15) is 12.5 Å². The number of rotatable bonds is 5. The van der Waals surface area contributed by atoms with Gasteiger partial charge in [0, 0.05) is 45.8 Å². The van der Waals surface area contributed by atoms with Crippen molar-refractivity contribution >= 4 is 17.6 Å². The topological polar surface area (TPSA) is 77.6 Å². The molecule has 2 rings (SSSR count). The molecular formula is C15H23N5O2. The number of nitrogens with zero attached hydrogens (tertiary/aromatic N) is 3. The second-order valence-corrected chi connectivity index (χ2v) is 5.50. The van der Waals surface area contributed by atoms with Gasteiger partial charge in [0.2, 0.25) is 11.8 Å². The van der Waals surface area contributed by atoms with Gasteiger partial charge in [0.25, 0.3) is 0 Å². The Morgan fingerprint density at radius 3 is 2.64 bits per heavy atom. The Bertz CT molecular complexity index is 526. The smallest absolute Gasteiger partial charge is 0.239 e. The fourth-order valence-corrected chi connectivity index (χ4v) is 2.25. The van der Waals surface area contributed by atoms with Crippen molar-refractivity contribution in [1.29, 1.82) is 0 Å². The van der Waals surface area contributed by atoms with Crippen LogP contribution in [0.2, 0.25) is 0 Å². The molecule has 7 heteroatoms. The van der Waals surface area contributed by atoms with E-state index in [1.807, 2.05) is 12.1 Å². The maximum Gasteiger partial charge on any atom is 0.239 e. The Balaban J connectivity index is 1.86. The van der Waals surface area contributed by atoms with E-state index in [9.17, 15) is 9.59 Å². The minimum atomic E-state index is -0.212. The van der Waals surface area contributed by atoms with Gasteiger partial charge >= 0.3 is 0 Å². The number of hydrogen-bond donors (Lipinski definition) is 2. The third-order valence-corrected chi connectivity index (χ3v) is 3.62. The van der Waals surface area contributed by atoms with Crippen LogP contribution in [0.4, 0.5) is 5.82 Å². The molecule has 1 fully saturated rings. The predicted octanol–water partition coefficient (Wildman–Crippen LogP) is -0.414. The second kappa shape index (κ2) is 7.74. The molecule has 1 aliphatic heterocycles. The highest BCUT2D eigenvalue weighted by Crippen LogP contribution is 2.14. The Morgan fingerprint density at radius 2 is 1.95 bits per heavy atom. The van der Waals surface area contributed by atoms with E-state index in [4.69, 9.17) is 0 Å². The summed E-state index contributed by atoms with van der Waals surface area (Å²) < 4.78 is 0. The first kappa shape index (κ1) is 16.2. The van der Waals surface area contributed by atoms with Gasteiger partial charge in [-0.25, -0.2) is 4.98 Å². The van der Waals surface area contributed by atoms with Gasteiger partial charge in [-0.05, 0) is 24.7 Å². The molecule has 0 spiro atoms. The molecule has 1 aliphatic rings. The monoisotopic (exact) mass is 305 g/mol. The van der Waals surface area contributed by atoms with Gasteiger partial charge in [0.1, 0.15) is 5.82 Å². The fourth-order valence-electron chi connectivity index (χ4n) is 2.25. The van der Waals surface area contributed by atoms with E-state index in [2.05, 4.69) is 32.5 Å². The van der Waals surface area contributed by atoms with Crippen molar-refractivity contribution < 1.29 is 9.59 Å². The van der Waals surface area contributed by atoms with E-state index < -0.39 is 0 Å². The first-order valence-corrected chi connectivity index (χ1v) is 7.44. The van der Waals surface area contributed by atoms with Crippen molar-refractivity contribution in [2.24, 2.45) is 0 Å². The van der Waals surface area contributed by atoms with Gasteiger partial charge < -0.3 is 20.4 Å². The molecule has 22 heavy (non-hydrogen) atoms. The zero-order valence-electron chi connectivity index (χ0n) is 13.1. The Kier molecular flexibility index (Phi) is 5.71. The number of amides is 2. The number of likely N-dealkylation sites (N-methyl/N-ethyl adjacent to an activating group) is 1. The van der Waals surface area contributed by atoms with E-state index in [1.54, 1.807) is 6.20 Å². The third-order valence-electron chi connectivity index (χ3n) is 3.62. The molecule has 7 nitrogen and oxygen atoms in total. The minimum Gasteiger partial charge on any atom is -0.354 e. The predicted molar refractivity (Wildman–Crippen MR) is 84.5 cm³/mol. The summed E-state index contributed by atoms with van der Waals surface area (Å²) >= 11 is 0. The Morgan fingerprint density at radius 1 is 1.23 bits per heavy atom. The highest BCUT2D eigenvalue weighted by molar-refractivity contribution is 5.83. The van der Waals surface area contributed by atoms with Crippen molar-refractivity contribution in [2.45, 2.75) is 13.5 Å². The molecule has 0 aliphatic carbocycles. The van der Waals surface area contributed by atoms with Crippen LogP contribution in [-0.2, 0) is 16.1 Å². The molecule has 0 atom stereocenters. The standard InChI is InChI=1S/C15H23N5O2/c1-12(21)17-11-15(22)18-10-13-3-4-16-14(9-13)20-7-5-19(2)6-8-20/h3-4,9H,5-8,10-11H2,1-2H3,(H,17,21)(H,18,22). The van der Waals surface area contributed by atoms with Crippen LogP contribution < -0.4 is 15.5 Å². The number of carbonyl (C=O) groups is 2. The number of piperazine rings is 1. The highest BCUT2D eigenvalue weighted by Gasteiger charge is 2.15. The van der Waals surface area contributed by atoms with Crippen molar-refractivity contribution in [1.82, 2.24) is 20.5 Å². The lowest BCUT2D eigenvalue weighted by Crippen LogP contribution is -2.44. The number of hydrogen-bond acceptors (Lipinski definition) is 5. The summed E-state index contributed by atoms with van der Waals surface area (Å²) in [6.45, 7) is 5.80. The molecule has 0 unspecified atom stereocenters. The van der Waals surface area contributed by atoms with Crippen LogP contribution in [0.5, 0.6) is 0 Å². The molecule has 0 radical (unpaired) electrons. The van der Waals surface area contributed by atoms with Gasteiger partial charge in [-0.2, -0.15) is 0 Å². The van der Waals surface area contributed by atoms with Gasteiger partial charge in [-0.3, -0.25) is 9.59 Å². The summed E-state index contributed by atoms with van der Waals surface area (Å²) in [6.07, 6.45) is 1.77. The normalized spacial score (nSPS) is 15.5. The fraction of sp³-hybridized carbons (Fsp3) is 0.533. The average molecular weight is 305 g/mol. The molecule has 0 bridgehead atoms. The lowest BCUT2D eigenvalue weighted by atomic mass is 10.2. The van der Waals surface area contributed by atoms with Crippen molar-refractivity contribution in [2.75, 3.05) is 44.7 Å². The molecule has 2 amide bonds. The van der Waals surface area contributed by atoms with Gasteiger partial charge in [0.05, 0.1) is 6.54 Å². The molecule has 120 valence electrons. The highest BCUT2D eigenvalue weighted by atomic mass is 16.2. The quantitative estimate of drug-likeness (QED) is 0.773. The minimum absolute atomic E-state index is 0.00569. The first-order valence-electron chi connectivity index (χ1n) is 7.44. The maximum absolute atomic E-state index is 11.6. The largest absolute Gasteiger partial charge is 0.354 e. The summed E-state index contributed by atoms with van der Waals surface area (Å²) in [4.78, 5) is 31.3. The van der Waals surface area contributed by atoms with Gasteiger partial charge in [0.15, 0.2) is 0 Å². The Hall–Kier alpha value is -2.15. The van der Waals surface area contributed by atoms with Crippen LogP contribution in [0, 0.1) is 0 Å². The molecule has 2 heterocycles. The van der Waals surface area contributed by atoms with Crippen LogP contribution >= 0.6 is 0 Å². The lowest BCUT2D eigenvalue weighted by Gasteiger charge is -2.33. The SMILES string of the molecule is CC(=O)NCC(=O)NCc1ccnc(N2CCN(C)CC2)c1. The summed E-state index contributed by atoms with van der Waals surface area (Å²) in [6, 6.07) is 3.89. The van der Waals surface area contributed by atoms with Crippen molar-refractivity contribution in [3.63, 3.8) is 0 Å². The van der Waals surface area contributed by atoms with E-state index >= 15 is 0 Å². The van der Waals surface area contributed by atoms with Crippen LogP contribution in [0.25, 0.3) is 0 Å². The van der Waals surface area contributed by atoms with Gasteiger partial charge in [-0.1, -0.05) is 0 Å². The van der Waals surface area contributed by atoms with E-state index in [0.717, 1.165) is 37.6 Å².